The zero-order valence-electron chi connectivity index (χ0n) is 9.45. The summed E-state index contributed by atoms with van der Waals surface area (Å²) in [5, 5.41) is 0. The zero-order chi connectivity index (χ0) is 10.6. The Morgan fingerprint density at radius 2 is 2.29 bits per heavy atom. The summed E-state index contributed by atoms with van der Waals surface area (Å²) in [6.07, 6.45) is 0.466. The minimum atomic E-state index is -0.175. The number of hydrogen-bond acceptors (Lipinski definition) is 3. The molecular weight excluding hydrogens is 178 g/mol. The fraction of sp³-hybridized carbons (Fsp3) is 0.909. The van der Waals surface area contributed by atoms with E-state index in [1.54, 1.807) is 0 Å². The van der Waals surface area contributed by atoms with Crippen LogP contribution in [0.15, 0.2) is 0 Å². The summed E-state index contributed by atoms with van der Waals surface area (Å²) in [5.74, 6) is 0.696. The summed E-state index contributed by atoms with van der Waals surface area (Å²) >= 11 is 0. The van der Waals surface area contributed by atoms with Gasteiger partial charge in [-0.05, 0) is 12.5 Å². The summed E-state index contributed by atoms with van der Waals surface area (Å²) in [5.41, 5.74) is 0. The number of morpholine rings is 1. The quantitative estimate of drug-likeness (QED) is 0.684. The fourth-order valence-corrected chi connectivity index (χ4v) is 1.72. The van der Waals surface area contributed by atoms with Crippen LogP contribution in [-0.2, 0) is 9.53 Å². The highest BCUT2D eigenvalue weighted by Gasteiger charge is 2.25. The van der Waals surface area contributed by atoms with Crippen LogP contribution in [0.25, 0.3) is 0 Å². The van der Waals surface area contributed by atoms with E-state index in [4.69, 9.17) is 4.74 Å². The summed E-state index contributed by atoms with van der Waals surface area (Å²) in [7, 11) is 0. The molecule has 1 atom stereocenters. The molecule has 1 fully saturated rings. The molecule has 1 aliphatic rings. The molecular formula is C11H21NO2. The van der Waals surface area contributed by atoms with E-state index in [9.17, 15) is 4.79 Å². The van der Waals surface area contributed by atoms with E-state index < -0.39 is 0 Å². The van der Waals surface area contributed by atoms with Gasteiger partial charge in [0.2, 0.25) is 0 Å². The Hall–Kier alpha value is -0.410. The molecule has 1 unspecified atom stereocenters. The van der Waals surface area contributed by atoms with Crippen LogP contribution in [-0.4, -0.2) is 43.0 Å². The number of ketones is 1. The van der Waals surface area contributed by atoms with Crippen LogP contribution in [0.5, 0.6) is 0 Å². The Morgan fingerprint density at radius 3 is 2.86 bits per heavy atom. The maximum atomic E-state index is 11.7. The van der Waals surface area contributed by atoms with E-state index in [1.807, 2.05) is 0 Å². The Morgan fingerprint density at radius 1 is 1.57 bits per heavy atom. The van der Waals surface area contributed by atoms with Crippen molar-refractivity contribution >= 4 is 5.78 Å². The highest BCUT2D eigenvalue weighted by atomic mass is 16.5. The topological polar surface area (TPSA) is 29.5 Å². The highest BCUT2D eigenvalue weighted by Crippen LogP contribution is 2.10. The maximum Gasteiger partial charge on any atom is 0.163 e. The van der Waals surface area contributed by atoms with E-state index in [1.165, 1.54) is 0 Å². The standard InChI is InChI=1S/C11H21NO2/c1-4-12-5-6-14-11(8-12)10(13)7-9(2)3/h9,11H,4-8H2,1-3H3. The Kier molecular flexibility index (Phi) is 4.55. The molecule has 0 aliphatic carbocycles. The molecule has 0 bridgehead atoms. The van der Waals surface area contributed by atoms with Crippen LogP contribution in [0.3, 0.4) is 0 Å². The SMILES string of the molecule is CCN1CCOC(C(=O)CC(C)C)C1. The molecule has 3 heteroatoms. The molecule has 3 nitrogen and oxygen atoms in total. The van der Waals surface area contributed by atoms with Gasteiger partial charge in [0.1, 0.15) is 6.10 Å². The summed E-state index contributed by atoms with van der Waals surface area (Å²) in [4.78, 5) is 14.0. The van der Waals surface area contributed by atoms with Gasteiger partial charge in [0, 0.05) is 19.5 Å². The first-order valence-electron chi connectivity index (χ1n) is 5.50. The minimum Gasteiger partial charge on any atom is -0.368 e. The third-order valence-corrected chi connectivity index (χ3v) is 2.57. The van der Waals surface area contributed by atoms with Crippen LogP contribution in [0.2, 0.25) is 0 Å². The molecule has 0 saturated carbocycles. The van der Waals surface area contributed by atoms with Crippen LogP contribution >= 0.6 is 0 Å². The van der Waals surface area contributed by atoms with Crippen LogP contribution in [0.1, 0.15) is 27.2 Å². The van der Waals surface area contributed by atoms with Crippen LogP contribution in [0.4, 0.5) is 0 Å². The number of ether oxygens (including phenoxy) is 1. The lowest BCUT2D eigenvalue weighted by atomic mass is 10.0. The van der Waals surface area contributed by atoms with Crippen molar-refractivity contribution in [1.82, 2.24) is 4.90 Å². The second-order valence-corrected chi connectivity index (χ2v) is 4.32. The van der Waals surface area contributed by atoms with Gasteiger partial charge in [0.15, 0.2) is 5.78 Å². The zero-order valence-corrected chi connectivity index (χ0v) is 9.45. The first-order chi connectivity index (χ1) is 6.63. The molecule has 82 valence electrons. The number of rotatable bonds is 4. The second-order valence-electron chi connectivity index (χ2n) is 4.32. The molecule has 1 aliphatic heterocycles. The van der Waals surface area contributed by atoms with Crippen molar-refractivity contribution in [2.75, 3.05) is 26.2 Å². The monoisotopic (exact) mass is 199 g/mol. The summed E-state index contributed by atoms with van der Waals surface area (Å²) in [6.45, 7) is 9.70. The third-order valence-electron chi connectivity index (χ3n) is 2.57. The lowest BCUT2D eigenvalue weighted by Crippen LogP contribution is -2.46. The van der Waals surface area contributed by atoms with Crippen molar-refractivity contribution in [3.05, 3.63) is 0 Å². The van der Waals surface area contributed by atoms with E-state index in [0.29, 0.717) is 18.9 Å². The van der Waals surface area contributed by atoms with Gasteiger partial charge >= 0.3 is 0 Å². The maximum absolute atomic E-state index is 11.7. The average molecular weight is 199 g/mol. The third kappa shape index (κ3) is 3.39. The molecule has 0 spiro atoms. The summed E-state index contributed by atoms with van der Waals surface area (Å²) in [6, 6.07) is 0. The van der Waals surface area contributed by atoms with Gasteiger partial charge in [-0.25, -0.2) is 0 Å². The molecule has 0 aromatic carbocycles. The predicted octanol–water partition coefficient (Wildman–Crippen LogP) is 1.32. The predicted molar refractivity (Wildman–Crippen MR) is 56.3 cm³/mol. The minimum absolute atomic E-state index is 0.175. The van der Waals surface area contributed by atoms with Crippen molar-refractivity contribution in [1.29, 1.82) is 0 Å². The van der Waals surface area contributed by atoms with Crippen molar-refractivity contribution in [2.24, 2.45) is 5.92 Å². The second kappa shape index (κ2) is 5.47. The lowest BCUT2D eigenvalue weighted by molar-refractivity contribution is -0.136. The lowest BCUT2D eigenvalue weighted by Gasteiger charge is -2.31. The largest absolute Gasteiger partial charge is 0.368 e. The molecule has 0 aromatic rings. The number of likely N-dealkylation sites (N-methyl/N-ethyl adjacent to an activating group) is 1. The number of Topliss-reactive ketones (excluding diaryl/α,β-unsaturated/α-hetero) is 1. The first-order valence-corrected chi connectivity index (χ1v) is 5.50. The first kappa shape index (κ1) is 11.7. The number of nitrogens with zero attached hydrogens (tertiary/aromatic N) is 1. The Balaban J connectivity index is 2.39. The molecule has 0 radical (unpaired) electrons. The van der Waals surface area contributed by atoms with Gasteiger partial charge in [-0.1, -0.05) is 20.8 Å². The molecule has 14 heavy (non-hydrogen) atoms. The van der Waals surface area contributed by atoms with Gasteiger partial charge in [0.05, 0.1) is 6.61 Å². The normalized spacial score (nSPS) is 24.1. The van der Waals surface area contributed by atoms with Gasteiger partial charge in [0.25, 0.3) is 0 Å². The van der Waals surface area contributed by atoms with E-state index in [2.05, 4.69) is 25.7 Å². The fourth-order valence-electron chi connectivity index (χ4n) is 1.72. The summed E-state index contributed by atoms with van der Waals surface area (Å²) < 4.78 is 5.48. The van der Waals surface area contributed by atoms with E-state index in [-0.39, 0.29) is 11.9 Å². The molecule has 0 N–H and O–H groups in total. The molecule has 1 heterocycles. The number of carbonyl (C=O) groups is 1. The number of carbonyl (C=O) groups excluding carboxylic acids is 1. The Labute approximate surface area is 86.4 Å². The van der Waals surface area contributed by atoms with Crippen molar-refractivity contribution < 1.29 is 9.53 Å². The number of hydrogen-bond donors (Lipinski definition) is 0. The van der Waals surface area contributed by atoms with E-state index >= 15 is 0 Å². The Bertz CT molecular complexity index is 192. The van der Waals surface area contributed by atoms with Crippen molar-refractivity contribution in [3.63, 3.8) is 0 Å². The molecule has 1 rings (SSSR count). The van der Waals surface area contributed by atoms with E-state index in [0.717, 1.165) is 19.6 Å². The van der Waals surface area contributed by atoms with Gasteiger partial charge in [-0.3, -0.25) is 9.69 Å². The highest BCUT2D eigenvalue weighted by molar-refractivity contribution is 5.83. The smallest absolute Gasteiger partial charge is 0.163 e. The van der Waals surface area contributed by atoms with Crippen molar-refractivity contribution in [2.45, 2.75) is 33.3 Å². The molecule has 1 saturated heterocycles. The van der Waals surface area contributed by atoms with Crippen LogP contribution in [0, 0.1) is 5.92 Å². The van der Waals surface area contributed by atoms with Crippen LogP contribution < -0.4 is 0 Å². The molecule has 0 aromatic heterocycles. The van der Waals surface area contributed by atoms with Gasteiger partial charge < -0.3 is 4.74 Å². The van der Waals surface area contributed by atoms with Crippen molar-refractivity contribution in [3.8, 4) is 0 Å². The average Bonchev–Trinajstić information content (AvgIpc) is 2.17. The van der Waals surface area contributed by atoms with Gasteiger partial charge in [-0.2, -0.15) is 0 Å². The molecule has 0 amide bonds. The van der Waals surface area contributed by atoms with Gasteiger partial charge in [-0.15, -0.1) is 0 Å².